The SMILES string of the molecule is CCCCC(C(C)=O)C(O)C(C)=O. The van der Waals surface area contributed by atoms with Crippen LogP contribution in [0.15, 0.2) is 0 Å². The Kier molecular flexibility index (Phi) is 5.55. The van der Waals surface area contributed by atoms with E-state index in [0.29, 0.717) is 6.42 Å². The van der Waals surface area contributed by atoms with E-state index >= 15 is 0 Å². The average Bonchev–Trinajstić information content (AvgIpc) is 2.04. The number of rotatable bonds is 6. The molecule has 0 fully saturated rings. The highest BCUT2D eigenvalue weighted by atomic mass is 16.3. The standard InChI is InChI=1S/C10H18O3/c1-4-5-6-9(7(2)11)10(13)8(3)12/h9-10,13H,4-6H2,1-3H3. The minimum atomic E-state index is -1.11. The van der Waals surface area contributed by atoms with Crippen molar-refractivity contribution in [1.29, 1.82) is 0 Å². The van der Waals surface area contributed by atoms with E-state index < -0.39 is 12.0 Å². The Morgan fingerprint density at radius 3 is 2.08 bits per heavy atom. The Balaban J connectivity index is 4.24. The monoisotopic (exact) mass is 186 g/mol. The van der Waals surface area contributed by atoms with Crippen LogP contribution < -0.4 is 0 Å². The van der Waals surface area contributed by atoms with Crippen molar-refractivity contribution in [3.63, 3.8) is 0 Å². The number of aliphatic hydroxyl groups is 1. The van der Waals surface area contributed by atoms with Crippen LogP contribution in [0.4, 0.5) is 0 Å². The van der Waals surface area contributed by atoms with E-state index in [0.717, 1.165) is 12.8 Å². The van der Waals surface area contributed by atoms with Crippen molar-refractivity contribution in [2.45, 2.75) is 46.1 Å². The van der Waals surface area contributed by atoms with Crippen LogP contribution in [-0.4, -0.2) is 22.8 Å². The summed E-state index contributed by atoms with van der Waals surface area (Å²) in [5, 5.41) is 9.41. The normalized spacial score (nSPS) is 15.1. The van der Waals surface area contributed by atoms with E-state index in [2.05, 4.69) is 0 Å². The number of Topliss-reactive ketones (excluding diaryl/α,β-unsaturated/α-hetero) is 2. The highest BCUT2D eigenvalue weighted by Gasteiger charge is 2.26. The van der Waals surface area contributed by atoms with Gasteiger partial charge >= 0.3 is 0 Å². The van der Waals surface area contributed by atoms with Gasteiger partial charge in [-0.05, 0) is 20.3 Å². The van der Waals surface area contributed by atoms with Crippen molar-refractivity contribution in [2.24, 2.45) is 5.92 Å². The first-order valence-electron chi connectivity index (χ1n) is 4.69. The fraction of sp³-hybridized carbons (Fsp3) is 0.800. The maximum Gasteiger partial charge on any atom is 0.158 e. The Morgan fingerprint density at radius 2 is 1.77 bits per heavy atom. The molecular weight excluding hydrogens is 168 g/mol. The Labute approximate surface area is 79.1 Å². The molecule has 0 aromatic carbocycles. The predicted molar refractivity (Wildman–Crippen MR) is 50.4 cm³/mol. The molecule has 0 bridgehead atoms. The van der Waals surface area contributed by atoms with Crippen molar-refractivity contribution < 1.29 is 14.7 Å². The van der Waals surface area contributed by atoms with Crippen LogP contribution in [0.3, 0.4) is 0 Å². The summed E-state index contributed by atoms with van der Waals surface area (Å²) in [6.07, 6.45) is 1.33. The number of unbranched alkanes of at least 4 members (excludes halogenated alkanes) is 1. The minimum Gasteiger partial charge on any atom is -0.385 e. The van der Waals surface area contributed by atoms with Gasteiger partial charge in [-0.25, -0.2) is 0 Å². The van der Waals surface area contributed by atoms with Gasteiger partial charge in [0, 0.05) is 0 Å². The largest absolute Gasteiger partial charge is 0.385 e. The maximum absolute atomic E-state index is 11.1. The van der Waals surface area contributed by atoms with E-state index in [4.69, 9.17) is 0 Å². The van der Waals surface area contributed by atoms with Gasteiger partial charge in [0.25, 0.3) is 0 Å². The minimum absolute atomic E-state index is 0.101. The van der Waals surface area contributed by atoms with Gasteiger partial charge in [0.2, 0.25) is 0 Å². The molecule has 0 rings (SSSR count). The molecule has 0 saturated carbocycles. The van der Waals surface area contributed by atoms with E-state index in [-0.39, 0.29) is 11.6 Å². The number of ketones is 2. The van der Waals surface area contributed by atoms with Gasteiger partial charge in [0.1, 0.15) is 11.9 Å². The molecule has 0 aromatic heterocycles. The summed E-state index contributed by atoms with van der Waals surface area (Å²) in [6, 6.07) is 0. The van der Waals surface area contributed by atoms with Crippen LogP contribution in [0.2, 0.25) is 0 Å². The number of carbonyl (C=O) groups is 2. The quantitative estimate of drug-likeness (QED) is 0.681. The summed E-state index contributed by atoms with van der Waals surface area (Å²) in [4.78, 5) is 21.9. The van der Waals surface area contributed by atoms with Gasteiger partial charge in [-0.1, -0.05) is 19.8 Å². The Hall–Kier alpha value is -0.700. The van der Waals surface area contributed by atoms with Crippen molar-refractivity contribution >= 4 is 11.6 Å². The number of carbonyl (C=O) groups excluding carboxylic acids is 2. The first-order valence-corrected chi connectivity index (χ1v) is 4.69. The van der Waals surface area contributed by atoms with Crippen molar-refractivity contribution in [3.05, 3.63) is 0 Å². The van der Waals surface area contributed by atoms with Gasteiger partial charge in [-0.3, -0.25) is 9.59 Å². The van der Waals surface area contributed by atoms with Crippen LogP contribution >= 0.6 is 0 Å². The summed E-state index contributed by atoms with van der Waals surface area (Å²) in [7, 11) is 0. The third kappa shape index (κ3) is 4.18. The maximum atomic E-state index is 11.1. The topological polar surface area (TPSA) is 54.4 Å². The third-order valence-electron chi connectivity index (χ3n) is 2.19. The summed E-state index contributed by atoms with van der Waals surface area (Å²) < 4.78 is 0. The second-order valence-electron chi connectivity index (χ2n) is 3.41. The van der Waals surface area contributed by atoms with Crippen molar-refractivity contribution in [2.75, 3.05) is 0 Å². The Bertz CT molecular complexity index is 187. The van der Waals surface area contributed by atoms with Crippen LogP contribution in [0, 0.1) is 5.92 Å². The smallest absolute Gasteiger partial charge is 0.158 e. The van der Waals surface area contributed by atoms with Crippen molar-refractivity contribution in [3.8, 4) is 0 Å². The van der Waals surface area contributed by atoms with Crippen LogP contribution in [-0.2, 0) is 9.59 Å². The molecule has 0 heterocycles. The van der Waals surface area contributed by atoms with Crippen molar-refractivity contribution in [1.82, 2.24) is 0 Å². The van der Waals surface area contributed by atoms with E-state index in [1.54, 1.807) is 0 Å². The van der Waals surface area contributed by atoms with E-state index in [1.807, 2.05) is 6.92 Å². The van der Waals surface area contributed by atoms with Gasteiger partial charge in [0.05, 0.1) is 5.92 Å². The molecule has 0 spiro atoms. The average molecular weight is 186 g/mol. The molecule has 0 saturated heterocycles. The molecule has 0 aromatic rings. The Morgan fingerprint density at radius 1 is 1.23 bits per heavy atom. The highest BCUT2D eigenvalue weighted by Crippen LogP contribution is 2.15. The fourth-order valence-corrected chi connectivity index (χ4v) is 1.29. The third-order valence-corrected chi connectivity index (χ3v) is 2.19. The molecule has 1 N–H and O–H groups in total. The van der Waals surface area contributed by atoms with E-state index in [9.17, 15) is 14.7 Å². The summed E-state index contributed by atoms with van der Waals surface area (Å²) in [6.45, 7) is 4.75. The lowest BCUT2D eigenvalue weighted by molar-refractivity contribution is -0.135. The number of hydrogen-bond acceptors (Lipinski definition) is 3. The number of aliphatic hydroxyl groups excluding tert-OH is 1. The molecular formula is C10H18O3. The molecule has 13 heavy (non-hydrogen) atoms. The molecule has 0 aliphatic carbocycles. The number of hydrogen-bond donors (Lipinski definition) is 1. The first kappa shape index (κ1) is 12.3. The lowest BCUT2D eigenvalue weighted by atomic mass is 9.90. The van der Waals surface area contributed by atoms with Gasteiger partial charge in [-0.2, -0.15) is 0 Å². The fourth-order valence-electron chi connectivity index (χ4n) is 1.29. The van der Waals surface area contributed by atoms with Gasteiger partial charge < -0.3 is 5.11 Å². The molecule has 2 atom stereocenters. The molecule has 76 valence electrons. The van der Waals surface area contributed by atoms with Gasteiger partial charge in [-0.15, -0.1) is 0 Å². The first-order chi connectivity index (χ1) is 6.00. The highest BCUT2D eigenvalue weighted by molar-refractivity contribution is 5.88. The summed E-state index contributed by atoms with van der Waals surface area (Å²) in [5.41, 5.74) is 0. The second-order valence-corrected chi connectivity index (χ2v) is 3.41. The van der Waals surface area contributed by atoms with E-state index in [1.165, 1.54) is 13.8 Å². The zero-order chi connectivity index (χ0) is 10.4. The van der Waals surface area contributed by atoms with Crippen LogP contribution in [0.5, 0.6) is 0 Å². The summed E-state index contributed by atoms with van der Waals surface area (Å²) >= 11 is 0. The van der Waals surface area contributed by atoms with Crippen LogP contribution in [0.25, 0.3) is 0 Å². The van der Waals surface area contributed by atoms with Crippen LogP contribution in [0.1, 0.15) is 40.0 Å². The molecule has 3 heteroatoms. The predicted octanol–water partition coefficient (Wildman–Crippen LogP) is 1.33. The molecule has 0 aliphatic rings. The molecule has 0 aliphatic heterocycles. The molecule has 3 nitrogen and oxygen atoms in total. The van der Waals surface area contributed by atoms with Gasteiger partial charge in [0.15, 0.2) is 5.78 Å². The zero-order valence-corrected chi connectivity index (χ0v) is 8.54. The molecule has 2 unspecified atom stereocenters. The summed E-state index contributed by atoms with van der Waals surface area (Å²) in [5.74, 6) is -0.926. The molecule has 0 radical (unpaired) electrons. The zero-order valence-electron chi connectivity index (χ0n) is 8.54. The lowest BCUT2D eigenvalue weighted by Gasteiger charge is -2.17. The lowest BCUT2D eigenvalue weighted by Crippen LogP contribution is -2.32. The second kappa shape index (κ2) is 5.86. The molecule has 0 amide bonds.